The molecule has 152 valence electrons. The Bertz CT molecular complexity index is 1270. The average Bonchev–Trinajstić information content (AvgIpc) is 3.30. The quantitative estimate of drug-likeness (QED) is 0.243. The first kappa shape index (κ1) is 19.4. The molecule has 0 saturated heterocycles. The fourth-order valence-corrected chi connectivity index (χ4v) is 3.85. The maximum Gasteiger partial charge on any atom is 0.226 e. The van der Waals surface area contributed by atoms with Crippen LogP contribution >= 0.6 is 12.2 Å². The number of pyridine rings is 1. The molecule has 1 aliphatic heterocycles. The van der Waals surface area contributed by atoms with Crippen LogP contribution in [0.15, 0.2) is 82.6 Å². The van der Waals surface area contributed by atoms with Gasteiger partial charge in [-0.2, -0.15) is 4.99 Å². The molecule has 0 atom stereocenters. The lowest BCUT2D eigenvalue weighted by Crippen LogP contribution is -2.32. The first-order valence-electron chi connectivity index (χ1n) is 10.2. The third-order valence-corrected chi connectivity index (χ3v) is 5.38. The van der Waals surface area contributed by atoms with Gasteiger partial charge in [0.2, 0.25) is 5.89 Å². The number of aryl methyl sites for hydroxylation is 1. The number of ether oxygens (including phenoxy) is 1. The van der Waals surface area contributed by atoms with Crippen molar-refractivity contribution in [3.8, 4) is 28.5 Å². The summed E-state index contributed by atoms with van der Waals surface area (Å²) in [4.78, 5) is 8.53. The summed E-state index contributed by atoms with van der Waals surface area (Å²) in [6.45, 7) is 1.52. The lowest BCUT2D eigenvalue weighted by atomic mass is 10.0. The van der Waals surface area contributed by atoms with Crippen LogP contribution in [0, 0.1) is 0 Å². The maximum atomic E-state index is 6.06. The lowest BCUT2D eigenvalue weighted by Gasteiger charge is -2.17. The molecular weight excluding hydrogens is 406 g/mol. The molecule has 0 saturated carbocycles. The molecule has 0 spiro atoms. The summed E-state index contributed by atoms with van der Waals surface area (Å²) in [6, 6.07) is 18.1. The summed E-state index contributed by atoms with van der Waals surface area (Å²) in [6.07, 6.45) is 7.90. The van der Waals surface area contributed by atoms with Crippen molar-refractivity contribution in [2.24, 2.45) is 4.99 Å². The highest BCUT2D eigenvalue weighted by Gasteiger charge is 2.15. The molecule has 5 rings (SSSR count). The second-order valence-corrected chi connectivity index (χ2v) is 7.62. The van der Waals surface area contributed by atoms with E-state index in [-0.39, 0.29) is 0 Å². The second kappa shape index (κ2) is 8.64. The topological polar surface area (TPSA) is 51.5 Å². The fourth-order valence-electron chi connectivity index (χ4n) is 3.75. The molecule has 0 amide bonds. The summed E-state index contributed by atoms with van der Waals surface area (Å²) >= 11 is 4.69. The molecule has 31 heavy (non-hydrogen) atoms. The van der Waals surface area contributed by atoms with Crippen LogP contribution < -0.4 is 9.30 Å². The van der Waals surface area contributed by atoms with Gasteiger partial charge in [-0.25, -0.2) is 9.55 Å². The molecule has 0 aliphatic carbocycles. The molecule has 2 aromatic heterocycles. The van der Waals surface area contributed by atoms with Gasteiger partial charge in [0, 0.05) is 28.8 Å². The number of fused-ring (bicyclic) bond motifs is 1. The van der Waals surface area contributed by atoms with Crippen molar-refractivity contribution in [2.75, 3.05) is 6.61 Å². The number of aromatic nitrogens is 2. The molecule has 0 bridgehead atoms. The maximum absolute atomic E-state index is 6.06. The van der Waals surface area contributed by atoms with Crippen molar-refractivity contribution >= 4 is 23.1 Å². The summed E-state index contributed by atoms with van der Waals surface area (Å²) < 4.78 is 13.9. The number of isothiocyanates is 1. The van der Waals surface area contributed by atoms with Crippen LogP contribution in [0.3, 0.4) is 0 Å². The number of benzene rings is 2. The lowest BCUT2D eigenvalue weighted by molar-refractivity contribution is -0.688. The summed E-state index contributed by atoms with van der Waals surface area (Å²) in [5, 5.41) is 2.41. The van der Waals surface area contributed by atoms with Crippen LogP contribution in [0.4, 0.5) is 5.69 Å². The Balaban J connectivity index is 1.33. The van der Waals surface area contributed by atoms with E-state index in [0.29, 0.717) is 5.89 Å². The zero-order valence-electron chi connectivity index (χ0n) is 16.8. The predicted octanol–water partition coefficient (Wildman–Crippen LogP) is 5.40. The highest BCUT2D eigenvalue weighted by molar-refractivity contribution is 7.78. The molecule has 2 aromatic carbocycles. The number of hydrogen-bond acceptors (Lipinski definition) is 5. The van der Waals surface area contributed by atoms with Gasteiger partial charge in [0.1, 0.15) is 5.75 Å². The first-order chi connectivity index (χ1) is 15.3. The Hall–Kier alpha value is -3.60. The van der Waals surface area contributed by atoms with Crippen LogP contribution in [0.5, 0.6) is 5.75 Å². The standard InChI is InChI=1S/C25H20N3O2S/c31-17-27-22-5-1-3-18(13-22)16-28-10-8-19(9-11-28)24-15-26-25(30-24)21-6-7-23-20(14-21)4-2-12-29-23/h1,3,5-11,13-15H,2,4,12,16H2/q+1. The van der Waals surface area contributed by atoms with Gasteiger partial charge in [-0.3, -0.25) is 0 Å². The number of oxazole rings is 1. The van der Waals surface area contributed by atoms with E-state index in [1.165, 1.54) is 5.56 Å². The van der Waals surface area contributed by atoms with E-state index in [0.717, 1.165) is 59.9 Å². The van der Waals surface area contributed by atoms with E-state index in [2.05, 4.69) is 44.1 Å². The third kappa shape index (κ3) is 4.31. The smallest absolute Gasteiger partial charge is 0.226 e. The van der Waals surface area contributed by atoms with E-state index in [1.807, 2.05) is 54.9 Å². The van der Waals surface area contributed by atoms with Gasteiger partial charge >= 0.3 is 0 Å². The van der Waals surface area contributed by atoms with Gasteiger partial charge in [-0.05, 0) is 61.0 Å². The average molecular weight is 427 g/mol. The van der Waals surface area contributed by atoms with E-state index < -0.39 is 0 Å². The molecular formula is C25H20N3O2S+. The Morgan fingerprint density at radius 1 is 1.06 bits per heavy atom. The molecule has 6 heteroatoms. The van der Waals surface area contributed by atoms with Crippen LogP contribution in [-0.2, 0) is 13.0 Å². The summed E-state index contributed by atoms with van der Waals surface area (Å²) in [5.74, 6) is 2.33. The minimum Gasteiger partial charge on any atom is -0.493 e. The van der Waals surface area contributed by atoms with Crippen LogP contribution in [-0.4, -0.2) is 16.8 Å². The Labute approximate surface area is 185 Å². The molecule has 5 nitrogen and oxygen atoms in total. The minimum absolute atomic E-state index is 0.621. The Kier molecular flexibility index (Phi) is 5.40. The number of nitrogens with zero attached hydrogens (tertiary/aromatic N) is 3. The Morgan fingerprint density at radius 2 is 1.97 bits per heavy atom. The van der Waals surface area contributed by atoms with Crippen molar-refractivity contribution in [2.45, 2.75) is 19.4 Å². The van der Waals surface area contributed by atoms with Gasteiger partial charge in [-0.1, -0.05) is 12.1 Å². The zero-order valence-corrected chi connectivity index (χ0v) is 17.6. The SMILES string of the molecule is S=C=Nc1cccc(C[n+]2ccc(-c3cnc(-c4ccc5c(c4)CCCO5)o3)cc2)c1. The molecule has 4 aromatic rings. The predicted molar refractivity (Wildman–Crippen MR) is 122 cm³/mol. The number of hydrogen-bond donors (Lipinski definition) is 0. The molecule has 3 heterocycles. The first-order valence-corrected chi connectivity index (χ1v) is 10.6. The van der Waals surface area contributed by atoms with Crippen molar-refractivity contribution in [1.29, 1.82) is 0 Å². The van der Waals surface area contributed by atoms with Gasteiger partial charge < -0.3 is 9.15 Å². The molecule has 0 fully saturated rings. The normalized spacial score (nSPS) is 12.5. The van der Waals surface area contributed by atoms with Crippen LogP contribution in [0.2, 0.25) is 0 Å². The highest BCUT2D eigenvalue weighted by atomic mass is 32.1. The number of thiocarbonyl (C=S) groups is 1. The van der Waals surface area contributed by atoms with E-state index >= 15 is 0 Å². The minimum atomic E-state index is 0.621. The molecule has 0 radical (unpaired) electrons. The highest BCUT2D eigenvalue weighted by Crippen LogP contribution is 2.31. The van der Waals surface area contributed by atoms with E-state index in [1.54, 1.807) is 6.20 Å². The van der Waals surface area contributed by atoms with Gasteiger partial charge in [0.15, 0.2) is 24.7 Å². The van der Waals surface area contributed by atoms with Gasteiger partial charge in [-0.15, -0.1) is 0 Å². The van der Waals surface area contributed by atoms with E-state index in [9.17, 15) is 0 Å². The third-order valence-electron chi connectivity index (χ3n) is 5.29. The molecule has 0 unspecified atom stereocenters. The van der Waals surface area contributed by atoms with Crippen molar-refractivity contribution < 1.29 is 13.7 Å². The fraction of sp³-hybridized carbons (Fsp3) is 0.160. The zero-order chi connectivity index (χ0) is 21.0. The molecule has 0 N–H and O–H groups in total. The monoisotopic (exact) mass is 426 g/mol. The number of aliphatic imine (C=N–C) groups is 1. The summed E-state index contributed by atoms with van der Waals surface area (Å²) in [7, 11) is 0. The van der Waals surface area contributed by atoms with Crippen molar-refractivity contribution in [3.05, 3.63) is 84.3 Å². The van der Waals surface area contributed by atoms with Crippen molar-refractivity contribution in [3.63, 3.8) is 0 Å². The summed E-state index contributed by atoms with van der Waals surface area (Å²) in [5.41, 5.74) is 5.12. The van der Waals surface area contributed by atoms with Crippen LogP contribution in [0.25, 0.3) is 22.8 Å². The van der Waals surface area contributed by atoms with Gasteiger partial charge in [0.05, 0.1) is 23.7 Å². The van der Waals surface area contributed by atoms with Gasteiger partial charge in [0.25, 0.3) is 0 Å². The Morgan fingerprint density at radius 3 is 2.84 bits per heavy atom. The van der Waals surface area contributed by atoms with E-state index in [4.69, 9.17) is 9.15 Å². The number of rotatable bonds is 5. The molecule has 1 aliphatic rings. The largest absolute Gasteiger partial charge is 0.493 e. The van der Waals surface area contributed by atoms with Crippen molar-refractivity contribution in [1.82, 2.24) is 4.98 Å². The second-order valence-electron chi connectivity index (χ2n) is 7.44. The van der Waals surface area contributed by atoms with Crippen LogP contribution in [0.1, 0.15) is 17.5 Å².